The summed E-state index contributed by atoms with van der Waals surface area (Å²) >= 11 is 13.3. The van der Waals surface area contributed by atoms with Crippen LogP contribution in [0.1, 0.15) is 5.56 Å². The van der Waals surface area contributed by atoms with Crippen molar-refractivity contribution in [3.05, 3.63) is 88.2 Å². The van der Waals surface area contributed by atoms with E-state index in [9.17, 15) is 9.18 Å². The smallest absolute Gasteiger partial charge is 0.234 e. The standard InChI is InChI=1S/C23H17Cl2FN4OS/c1-14-2-5-17(25)12-20(14)27-21(31)13-32-23-29-28-22(15-3-6-16(24)7-4-15)30(23)19-10-8-18(26)9-11-19/h2-12H,13H2,1H3,(H,27,31). The molecule has 0 bridgehead atoms. The maximum atomic E-state index is 13.5. The van der Waals surface area contributed by atoms with Crippen LogP contribution in [-0.2, 0) is 4.79 Å². The van der Waals surface area contributed by atoms with Crippen molar-refractivity contribution in [2.24, 2.45) is 0 Å². The van der Waals surface area contributed by atoms with Crippen LogP contribution in [0.4, 0.5) is 10.1 Å². The molecule has 0 aliphatic heterocycles. The fourth-order valence-electron chi connectivity index (χ4n) is 3.02. The minimum Gasteiger partial charge on any atom is -0.325 e. The molecule has 0 unspecified atom stereocenters. The van der Waals surface area contributed by atoms with Crippen molar-refractivity contribution < 1.29 is 9.18 Å². The first-order valence-corrected chi connectivity index (χ1v) is 11.3. The molecule has 9 heteroatoms. The molecule has 0 aliphatic carbocycles. The minimum absolute atomic E-state index is 0.103. The van der Waals surface area contributed by atoms with Gasteiger partial charge in [0.05, 0.1) is 5.75 Å². The van der Waals surface area contributed by atoms with Crippen molar-refractivity contribution in [2.75, 3.05) is 11.1 Å². The largest absolute Gasteiger partial charge is 0.325 e. The number of hydrogen-bond donors (Lipinski definition) is 1. The fraction of sp³-hybridized carbons (Fsp3) is 0.0870. The van der Waals surface area contributed by atoms with Gasteiger partial charge < -0.3 is 5.32 Å². The maximum absolute atomic E-state index is 13.5. The Kier molecular flexibility index (Phi) is 6.79. The van der Waals surface area contributed by atoms with Crippen LogP contribution in [0, 0.1) is 12.7 Å². The maximum Gasteiger partial charge on any atom is 0.234 e. The number of carbonyl (C=O) groups is 1. The number of anilines is 1. The fourth-order valence-corrected chi connectivity index (χ4v) is 4.07. The molecule has 1 N–H and O–H groups in total. The molecular weight excluding hydrogens is 470 g/mol. The van der Waals surface area contributed by atoms with E-state index >= 15 is 0 Å². The molecule has 5 nitrogen and oxygen atoms in total. The molecule has 1 aromatic heterocycles. The zero-order valence-corrected chi connectivity index (χ0v) is 19.2. The number of nitrogens with zero attached hydrogens (tertiary/aromatic N) is 3. The number of benzene rings is 3. The van der Waals surface area contributed by atoms with Gasteiger partial charge in [-0.3, -0.25) is 9.36 Å². The van der Waals surface area contributed by atoms with E-state index in [0.717, 1.165) is 11.1 Å². The number of carbonyl (C=O) groups excluding carboxylic acids is 1. The lowest BCUT2D eigenvalue weighted by Gasteiger charge is -2.11. The van der Waals surface area contributed by atoms with Crippen molar-refractivity contribution in [2.45, 2.75) is 12.1 Å². The van der Waals surface area contributed by atoms with Gasteiger partial charge in [-0.2, -0.15) is 0 Å². The lowest BCUT2D eigenvalue weighted by molar-refractivity contribution is -0.113. The molecule has 4 rings (SSSR count). The lowest BCUT2D eigenvalue weighted by Crippen LogP contribution is -2.15. The average Bonchev–Trinajstić information content (AvgIpc) is 3.20. The van der Waals surface area contributed by atoms with Gasteiger partial charge in [0, 0.05) is 27.0 Å². The number of thioether (sulfide) groups is 1. The van der Waals surface area contributed by atoms with Gasteiger partial charge >= 0.3 is 0 Å². The third kappa shape index (κ3) is 5.12. The molecular formula is C23H17Cl2FN4OS. The number of aromatic nitrogens is 3. The third-order valence-electron chi connectivity index (χ3n) is 4.63. The Morgan fingerprint density at radius 3 is 2.41 bits per heavy atom. The Morgan fingerprint density at radius 1 is 1.00 bits per heavy atom. The van der Waals surface area contributed by atoms with Crippen LogP contribution >= 0.6 is 35.0 Å². The molecule has 0 radical (unpaired) electrons. The Hall–Kier alpha value is -2.87. The summed E-state index contributed by atoms with van der Waals surface area (Å²) in [6.45, 7) is 1.89. The number of aryl methyl sites for hydroxylation is 1. The van der Waals surface area contributed by atoms with Crippen LogP contribution in [0.25, 0.3) is 17.1 Å². The molecule has 0 fully saturated rings. The normalized spacial score (nSPS) is 10.9. The number of halogens is 3. The van der Waals surface area contributed by atoms with Crippen LogP contribution in [0.15, 0.2) is 71.9 Å². The Labute approximate surface area is 198 Å². The van der Waals surface area contributed by atoms with E-state index in [1.807, 2.05) is 25.1 Å². The van der Waals surface area contributed by atoms with Gasteiger partial charge in [0.2, 0.25) is 5.91 Å². The van der Waals surface area contributed by atoms with E-state index in [4.69, 9.17) is 23.2 Å². The molecule has 0 aliphatic rings. The van der Waals surface area contributed by atoms with Crippen molar-refractivity contribution in [3.8, 4) is 17.1 Å². The number of nitrogens with one attached hydrogen (secondary N) is 1. The lowest BCUT2D eigenvalue weighted by atomic mass is 10.2. The summed E-state index contributed by atoms with van der Waals surface area (Å²) in [5.74, 6) is 0.107. The second-order valence-electron chi connectivity index (χ2n) is 6.92. The van der Waals surface area contributed by atoms with E-state index in [1.165, 1.54) is 23.9 Å². The van der Waals surface area contributed by atoms with E-state index in [1.54, 1.807) is 41.0 Å². The second-order valence-corrected chi connectivity index (χ2v) is 8.74. The highest BCUT2D eigenvalue weighted by Crippen LogP contribution is 2.29. The predicted molar refractivity (Wildman–Crippen MR) is 127 cm³/mol. The summed E-state index contributed by atoms with van der Waals surface area (Å²) in [6.07, 6.45) is 0. The van der Waals surface area contributed by atoms with Crippen molar-refractivity contribution in [1.82, 2.24) is 14.8 Å². The molecule has 0 atom stereocenters. The highest BCUT2D eigenvalue weighted by atomic mass is 35.5. The first kappa shape index (κ1) is 22.3. The van der Waals surface area contributed by atoms with Crippen molar-refractivity contribution >= 4 is 46.6 Å². The molecule has 32 heavy (non-hydrogen) atoms. The minimum atomic E-state index is -0.347. The topological polar surface area (TPSA) is 59.8 Å². The average molecular weight is 487 g/mol. The van der Waals surface area contributed by atoms with Crippen LogP contribution < -0.4 is 5.32 Å². The van der Waals surface area contributed by atoms with Gasteiger partial charge in [-0.25, -0.2) is 4.39 Å². The molecule has 4 aromatic rings. The Morgan fingerprint density at radius 2 is 1.69 bits per heavy atom. The first-order chi connectivity index (χ1) is 15.4. The number of amides is 1. The molecule has 0 saturated heterocycles. The van der Waals surface area contributed by atoms with Crippen molar-refractivity contribution in [1.29, 1.82) is 0 Å². The first-order valence-electron chi connectivity index (χ1n) is 9.57. The SMILES string of the molecule is Cc1ccc(Cl)cc1NC(=O)CSc1nnc(-c2ccc(Cl)cc2)n1-c1ccc(F)cc1. The third-order valence-corrected chi connectivity index (χ3v) is 6.04. The van der Waals surface area contributed by atoms with Crippen LogP contribution in [-0.4, -0.2) is 26.4 Å². The zero-order valence-electron chi connectivity index (χ0n) is 16.8. The Bertz CT molecular complexity index is 1260. The summed E-state index contributed by atoms with van der Waals surface area (Å²) in [5.41, 5.74) is 3.03. The number of hydrogen-bond acceptors (Lipinski definition) is 4. The van der Waals surface area contributed by atoms with E-state index in [-0.39, 0.29) is 17.5 Å². The second kappa shape index (κ2) is 9.73. The quantitative estimate of drug-likeness (QED) is 0.319. The van der Waals surface area contributed by atoms with Gasteiger partial charge in [0.1, 0.15) is 5.82 Å². The van der Waals surface area contributed by atoms with Crippen LogP contribution in [0.3, 0.4) is 0 Å². The van der Waals surface area contributed by atoms with E-state index in [0.29, 0.717) is 32.4 Å². The predicted octanol–water partition coefficient (Wildman–Crippen LogP) is 6.42. The van der Waals surface area contributed by atoms with Gasteiger partial charge in [-0.1, -0.05) is 41.0 Å². The van der Waals surface area contributed by atoms with Crippen molar-refractivity contribution in [3.63, 3.8) is 0 Å². The van der Waals surface area contributed by atoms with E-state index in [2.05, 4.69) is 15.5 Å². The highest BCUT2D eigenvalue weighted by molar-refractivity contribution is 7.99. The summed E-state index contributed by atoms with van der Waals surface area (Å²) < 4.78 is 15.3. The molecule has 0 saturated carbocycles. The van der Waals surface area contributed by atoms with Gasteiger partial charge in [0.25, 0.3) is 0 Å². The van der Waals surface area contributed by atoms with Gasteiger partial charge in [-0.05, 0) is 73.2 Å². The Balaban J connectivity index is 1.60. The highest BCUT2D eigenvalue weighted by Gasteiger charge is 2.18. The molecule has 3 aromatic carbocycles. The molecule has 162 valence electrons. The monoisotopic (exact) mass is 486 g/mol. The summed E-state index contributed by atoms with van der Waals surface area (Å²) in [4.78, 5) is 12.6. The molecule has 1 amide bonds. The summed E-state index contributed by atoms with van der Waals surface area (Å²) in [5, 5.41) is 13.1. The number of rotatable bonds is 6. The van der Waals surface area contributed by atoms with E-state index < -0.39 is 0 Å². The molecule has 0 spiro atoms. The van der Waals surface area contributed by atoms with Crippen LogP contribution in [0.5, 0.6) is 0 Å². The summed E-state index contributed by atoms with van der Waals surface area (Å²) in [6, 6.07) is 18.5. The van der Waals surface area contributed by atoms with Gasteiger partial charge in [-0.15, -0.1) is 10.2 Å². The van der Waals surface area contributed by atoms with Gasteiger partial charge in [0.15, 0.2) is 11.0 Å². The zero-order chi connectivity index (χ0) is 22.7. The summed E-state index contributed by atoms with van der Waals surface area (Å²) in [7, 11) is 0. The molecule has 1 heterocycles. The van der Waals surface area contributed by atoms with Crippen LogP contribution in [0.2, 0.25) is 10.0 Å².